The van der Waals surface area contributed by atoms with E-state index in [-0.39, 0.29) is 12.7 Å². The molecule has 0 spiro atoms. The molecule has 104 valence electrons. The van der Waals surface area contributed by atoms with Crippen molar-refractivity contribution in [3.63, 3.8) is 0 Å². The number of fused-ring (bicyclic) bond motifs is 1. The van der Waals surface area contributed by atoms with Crippen LogP contribution in [-0.4, -0.2) is 17.8 Å². The van der Waals surface area contributed by atoms with E-state index in [1.165, 1.54) is 5.56 Å². The molecule has 1 aliphatic rings. The quantitative estimate of drug-likeness (QED) is 0.932. The molecule has 1 aliphatic heterocycles. The maximum atomic E-state index is 9.34. The highest BCUT2D eigenvalue weighted by atomic mass is 79.9. The van der Waals surface area contributed by atoms with Crippen molar-refractivity contribution in [2.45, 2.75) is 19.1 Å². The standard InChI is InChI=1S/C16H15BrO3/c17-14-6-3-5-12(9-18)16(14)19-10-13-8-11-4-1-2-7-15(11)20-13/h1-7,13,18H,8-10H2. The highest BCUT2D eigenvalue weighted by Gasteiger charge is 2.23. The lowest BCUT2D eigenvalue weighted by atomic mass is 10.1. The van der Waals surface area contributed by atoms with Gasteiger partial charge in [-0.05, 0) is 33.6 Å². The molecule has 0 aliphatic carbocycles. The van der Waals surface area contributed by atoms with Gasteiger partial charge in [0.2, 0.25) is 0 Å². The molecule has 1 atom stereocenters. The first-order chi connectivity index (χ1) is 9.78. The summed E-state index contributed by atoms with van der Waals surface area (Å²) in [6, 6.07) is 13.7. The molecule has 3 rings (SSSR count). The van der Waals surface area contributed by atoms with Gasteiger partial charge >= 0.3 is 0 Å². The van der Waals surface area contributed by atoms with Crippen LogP contribution in [0.5, 0.6) is 11.5 Å². The number of aliphatic hydroxyl groups excluding tert-OH is 1. The van der Waals surface area contributed by atoms with Gasteiger partial charge in [-0.15, -0.1) is 0 Å². The zero-order chi connectivity index (χ0) is 13.9. The van der Waals surface area contributed by atoms with Gasteiger partial charge in [0.25, 0.3) is 0 Å². The van der Waals surface area contributed by atoms with Gasteiger partial charge in [-0.2, -0.15) is 0 Å². The van der Waals surface area contributed by atoms with E-state index in [2.05, 4.69) is 22.0 Å². The molecule has 1 N–H and O–H groups in total. The van der Waals surface area contributed by atoms with E-state index in [4.69, 9.17) is 9.47 Å². The lowest BCUT2D eigenvalue weighted by Gasteiger charge is -2.15. The minimum atomic E-state index is -0.0411. The molecule has 0 radical (unpaired) electrons. The summed E-state index contributed by atoms with van der Waals surface area (Å²) in [5.41, 5.74) is 1.99. The van der Waals surface area contributed by atoms with E-state index in [1.54, 1.807) is 0 Å². The van der Waals surface area contributed by atoms with Crippen LogP contribution in [0.3, 0.4) is 0 Å². The van der Waals surface area contributed by atoms with E-state index < -0.39 is 0 Å². The van der Waals surface area contributed by atoms with Crippen molar-refractivity contribution in [1.29, 1.82) is 0 Å². The van der Waals surface area contributed by atoms with Crippen molar-refractivity contribution < 1.29 is 14.6 Å². The van der Waals surface area contributed by atoms with Crippen molar-refractivity contribution >= 4 is 15.9 Å². The van der Waals surface area contributed by atoms with Gasteiger partial charge in [0.05, 0.1) is 11.1 Å². The third kappa shape index (κ3) is 2.67. The average Bonchev–Trinajstić information content (AvgIpc) is 2.88. The topological polar surface area (TPSA) is 38.7 Å². The zero-order valence-electron chi connectivity index (χ0n) is 10.9. The maximum absolute atomic E-state index is 9.34. The van der Waals surface area contributed by atoms with Crippen LogP contribution in [-0.2, 0) is 13.0 Å². The Morgan fingerprint density at radius 1 is 1.20 bits per heavy atom. The second kappa shape index (κ2) is 5.85. The van der Waals surface area contributed by atoms with Crippen LogP contribution in [0.2, 0.25) is 0 Å². The normalized spacial score (nSPS) is 16.6. The van der Waals surface area contributed by atoms with E-state index in [0.717, 1.165) is 22.2 Å². The molecule has 0 amide bonds. The molecule has 1 heterocycles. The lowest BCUT2D eigenvalue weighted by Crippen LogP contribution is -2.22. The predicted molar refractivity (Wildman–Crippen MR) is 80.1 cm³/mol. The SMILES string of the molecule is OCc1cccc(Br)c1OCC1Cc2ccccc2O1. The Bertz CT molecular complexity index is 587. The Morgan fingerprint density at radius 3 is 2.85 bits per heavy atom. The average molecular weight is 335 g/mol. The molecule has 3 nitrogen and oxygen atoms in total. The molecule has 2 aromatic carbocycles. The van der Waals surface area contributed by atoms with Gasteiger partial charge in [-0.3, -0.25) is 0 Å². The van der Waals surface area contributed by atoms with Gasteiger partial charge in [0, 0.05) is 12.0 Å². The predicted octanol–water partition coefficient (Wildman–Crippen LogP) is 3.32. The number of ether oxygens (including phenoxy) is 2. The Morgan fingerprint density at radius 2 is 2.05 bits per heavy atom. The van der Waals surface area contributed by atoms with Crippen LogP contribution in [0.1, 0.15) is 11.1 Å². The minimum absolute atomic E-state index is 0.0195. The highest BCUT2D eigenvalue weighted by molar-refractivity contribution is 9.10. The molecule has 0 fully saturated rings. The molecular formula is C16H15BrO3. The van der Waals surface area contributed by atoms with E-state index in [9.17, 15) is 5.11 Å². The fourth-order valence-corrected chi connectivity index (χ4v) is 2.88. The summed E-state index contributed by atoms with van der Waals surface area (Å²) < 4.78 is 12.5. The maximum Gasteiger partial charge on any atom is 0.139 e. The molecule has 1 unspecified atom stereocenters. The molecule has 20 heavy (non-hydrogen) atoms. The van der Waals surface area contributed by atoms with Gasteiger partial charge in [0.1, 0.15) is 24.2 Å². The van der Waals surface area contributed by atoms with Crippen LogP contribution >= 0.6 is 15.9 Å². The monoisotopic (exact) mass is 334 g/mol. The number of aliphatic hydroxyl groups is 1. The van der Waals surface area contributed by atoms with Gasteiger partial charge in [-0.25, -0.2) is 0 Å². The van der Waals surface area contributed by atoms with Gasteiger partial charge in [0.15, 0.2) is 0 Å². The summed E-state index contributed by atoms with van der Waals surface area (Å²) in [7, 11) is 0. The van der Waals surface area contributed by atoms with E-state index >= 15 is 0 Å². The molecule has 0 bridgehead atoms. The van der Waals surface area contributed by atoms with Crippen LogP contribution in [0.15, 0.2) is 46.9 Å². The molecule has 0 saturated heterocycles. The molecule has 0 aromatic heterocycles. The van der Waals surface area contributed by atoms with E-state index in [0.29, 0.717) is 12.4 Å². The van der Waals surface area contributed by atoms with Crippen molar-refractivity contribution in [2.24, 2.45) is 0 Å². The zero-order valence-corrected chi connectivity index (χ0v) is 12.5. The van der Waals surface area contributed by atoms with Crippen LogP contribution in [0.4, 0.5) is 0 Å². The minimum Gasteiger partial charge on any atom is -0.488 e. The van der Waals surface area contributed by atoms with Crippen LogP contribution in [0.25, 0.3) is 0 Å². The van der Waals surface area contributed by atoms with Crippen molar-refractivity contribution in [3.8, 4) is 11.5 Å². The lowest BCUT2D eigenvalue weighted by molar-refractivity contribution is 0.145. The third-order valence-corrected chi connectivity index (χ3v) is 3.97. The molecule has 4 heteroatoms. The first kappa shape index (κ1) is 13.5. The largest absolute Gasteiger partial charge is 0.488 e. The summed E-state index contributed by atoms with van der Waals surface area (Å²) in [5, 5.41) is 9.34. The van der Waals surface area contributed by atoms with Crippen LogP contribution < -0.4 is 9.47 Å². The van der Waals surface area contributed by atoms with Crippen LogP contribution in [0, 0.1) is 0 Å². The summed E-state index contributed by atoms with van der Waals surface area (Å²) in [4.78, 5) is 0. The first-order valence-electron chi connectivity index (χ1n) is 6.53. The third-order valence-electron chi connectivity index (χ3n) is 3.35. The highest BCUT2D eigenvalue weighted by Crippen LogP contribution is 2.31. The van der Waals surface area contributed by atoms with E-state index in [1.807, 2.05) is 36.4 Å². The number of hydrogen-bond donors (Lipinski definition) is 1. The molecule has 0 saturated carbocycles. The summed E-state index contributed by atoms with van der Waals surface area (Å²) in [6.45, 7) is 0.421. The second-order valence-corrected chi connectivity index (χ2v) is 5.60. The second-order valence-electron chi connectivity index (χ2n) is 4.75. The number of rotatable bonds is 4. The smallest absolute Gasteiger partial charge is 0.139 e. The Hall–Kier alpha value is -1.52. The summed E-state index contributed by atoms with van der Waals surface area (Å²) in [5.74, 6) is 1.63. The Balaban J connectivity index is 1.67. The number of halogens is 1. The fraction of sp³-hybridized carbons (Fsp3) is 0.250. The number of benzene rings is 2. The molecular weight excluding hydrogens is 320 g/mol. The van der Waals surface area contributed by atoms with Gasteiger partial charge in [-0.1, -0.05) is 30.3 Å². The number of hydrogen-bond acceptors (Lipinski definition) is 3. The first-order valence-corrected chi connectivity index (χ1v) is 7.33. The van der Waals surface area contributed by atoms with Crippen molar-refractivity contribution in [2.75, 3.05) is 6.61 Å². The van der Waals surface area contributed by atoms with Crippen molar-refractivity contribution in [3.05, 3.63) is 58.1 Å². The number of para-hydroxylation sites is 2. The van der Waals surface area contributed by atoms with Crippen molar-refractivity contribution in [1.82, 2.24) is 0 Å². The summed E-state index contributed by atoms with van der Waals surface area (Å²) >= 11 is 3.45. The Labute approximate surface area is 126 Å². The Kier molecular flexibility index (Phi) is 3.94. The molecule has 2 aromatic rings. The fourth-order valence-electron chi connectivity index (χ4n) is 2.36. The summed E-state index contributed by atoms with van der Waals surface area (Å²) in [6.07, 6.45) is 0.876. The van der Waals surface area contributed by atoms with Gasteiger partial charge < -0.3 is 14.6 Å².